The third kappa shape index (κ3) is 2.91. The highest BCUT2D eigenvalue weighted by Crippen LogP contribution is 2.28. The minimum absolute atomic E-state index is 0.0570. The van der Waals surface area contributed by atoms with Crippen molar-refractivity contribution in [1.29, 1.82) is 0 Å². The zero-order valence-electron chi connectivity index (χ0n) is 10.8. The molecule has 1 aromatic heterocycles. The number of fused-ring (bicyclic) bond motifs is 1. The standard InChI is InChI=1S/C14H17ClN2O2/c1-9-5-11-10(3-2-4-16)7-17(8-14(18)19)13(11)6-12(9)15/h5-7H,2-4,8,16H2,1H3,(H,18,19). The second-order valence-electron chi connectivity index (χ2n) is 4.69. The van der Waals surface area contributed by atoms with Crippen LogP contribution in [0.3, 0.4) is 0 Å². The third-order valence-corrected chi connectivity index (χ3v) is 3.61. The molecule has 4 nitrogen and oxygen atoms in total. The molecule has 1 aromatic carbocycles. The van der Waals surface area contributed by atoms with E-state index in [9.17, 15) is 4.79 Å². The van der Waals surface area contributed by atoms with E-state index in [2.05, 4.69) is 0 Å². The van der Waals surface area contributed by atoms with E-state index in [1.54, 1.807) is 4.57 Å². The molecule has 0 aliphatic heterocycles. The molecular weight excluding hydrogens is 264 g/mol. The van der Waals surface area contributed by atoms with Crippen LogP contribution in [0.2, 0.25) is 5.02 Å². The van der Waals surface area contributed by atoms with Crippen LogP contribution in [-0.4, -0.2) is 22.2 Å². The van der Waals surface area contributed by atoms with Gasteiger partial charge < -0.3 is 15.4 Å². The van der Waals surface area contributed by atoms with Crippen molar-refractivity contribution in [3.05, 3.63) is 34.5 Å². The van der Waals surface area contributed by atoms with Gasteiger partial charge in [-0.3, -0.25) is 4.79 Å². The number of rotatable bonds is 5. The fraction of sp³-hybridized carbons (Fsp3) is 0.357. The quantitative estimate of drug-likeness (QED) is 0.884. The monoisotopic (exact) mass is 280 g/mol. The summed E-state index contributed by atoms with van der Waals surface area (Å²) in [7, 11) is 0. The largest absolute Gasteiger partial charge is 0.480 e. The molecule has 0 unspecified atom stereocenters. The first-order chi connectivity index (χ1) is 9.02. The van der Waals surface area contributed by atoms with Crippen molar-refractivity contribution in [2.45, 2.75) is 26.3 Å². The van der Waals surface area contributed by atoms with Crippen LogP contribution in [0.25, 0.3) is 10.9 Å². The number of carbonyl (C=O) groups is 1. The lowest BCUT2D eigenvalue weighted by molar-refractivity contribution is -0.137. The maximum atomic E-state index is 10.9. The minimum Gasteiger partial charge on any atom is -0.480 e. The van der Waals surface area contributed by atoms with Crippen LogP contribution < -0.4 is 5.73 Å². The maximum absolute atomic E-state index is 10.9. The summed E-state index contributed by atoms with van der Waals surface area (Å²) in [5.74, 6) is -0.862. The van der Waals surface area contributed by atoms with Gasteiger partial charge in [-0.05, 0) is 49.6 Å². The Kier molecular flexibility index (Phi) is 4.12. The number of carboxylic acids is 1. The number of carboxylic acid groups (broad SMARTS) is 1. The van der Waals surface area contributed by atoms with Gasteiger partial charge in [-0.2, -0.15) is 0 Å². The summed E-state index contributed by atoms with van der Waals surface area (Å²) in [5, 5.41) is 10.7. The number of benzene rings is 1. The van der Waals surface area contributed by atoms with Crippen molar-refractivity contribution in [1.82, 2.24) is 4.57 Å². The van der Waals surface area contributed by atoms with E-state index in [-0.39, 0.29) is 6.54 Å². The molecule has 0 atom stereocenters. The second-order valence-corrected chi connectivity index (χ2v) is 5.09. The molecule has 0 aliphatic rings. The fourth-order valence-corrected chi connectivity index (χ4v) is 2.42. The Morgan fingerprint density at radius 1 is 1.47 bits per heavy atom. The van der Waals surface area contributed by atoms with Gasteiger partial charge in [-0.1, -0.05) is 11.6 Å². The topological polar surface area (TPSA) is 68.2 Å². The average Bonchev–Trinajstić information content (AvgIpc) is 2.65. The number of hydrogen-bond acceptors (Lipinski definition) is 2. The van der Waals surface area contributed by atoms with Gasteiger partial charge in [0, 0.05) is 16.6 Å². The van der Waals surface area contributed by atoms with Crippen molar-refractivity contribution < 1.29 is 9.90 Å². The molecule has 3 N–H and O–H groups in total. The molecule has 19 heavy (non-hydrogen) atoms. The molecule has 0 radical (unpaired) electrons. The molecule has 0 bridgehead atoms. The lowest BCUT2D eigenvalue weighted by Crippen LogP contribution is -2.07. The van der Waals surface area contributed by atoms with E-state index in [1.807, 2.05) is 25.3 Å². The number of aryl methyl sites for hydroxylation is 2. The van der Waals surface area contributed by atoms with Gasteiger partial charge in [0.25, 0.3) is 0 Å². The minimum atomic E-state index is -0.862. The second kappa shape index (κ2) is 5.63. The number of hydrogen-bond donors (Lipinski definition) is 2. The number of nitrogens with two attached hydrogens (primary N) is 1. The molecule has 0 amide bonds. The van der Waals surface area contributed by atoms with Gasteiger partial charge >= 0.3 is 5.97 Å². The molecule has 0 saturated carbocycles. The molecule has 0 saturated heterocycles. The average molecular weight is 281 g/mol. The summed E-state index contributed by atoms with van der Waals surface area (Å²) in [6.07, 6.45) is 3.62. The zero-order valence-corrected chi connectivity index (χ0v) is 11.6. The predicted molar refractivity (Wildman–Crippen MR) is 76.7 cm³/mol. The van der Waals surface area contributed by atoms with Gasteiger partial charge in [-0.25, -0.2) is 0 Å². The van der Waals surface area contributed by atoms with Gasteiger partial charge in [-0.15, -0.1) is 0 Å². The third-order valence-electron chi connectivity index (χ3n) is 3.20. The van der Waals surface area contributed by atoms with Crippen LogP contribution in [0.1, 0.15) is 17.5 Å². The highest BCUT2D eigenvalue weighted by atomic mass is 35.5. The van der Waals surface area contributed by atoms with E-state index in [4.69, 9.17) is 22.4 Å². The van der Waals surface area contributed by atoms with Gasteiger partial charge in [0.2, 0.25) is 0 Å². The fourth-order valence-electron chi connectivity index (χ4n) is 2.26. The summed E-state index contributed by atoms with van der Waals surface area (Å²) >= 11 is 6.13. The molecule has 2 aromatic rings. The molecule has 2 rings (SSSR count). The first-order valence-electron chi connectivity index (χ1n) is 6.22. The van der Waals surface area contributed by atoms with Crippen LogP contribution in [0, 0.1) is 6.92 Å². The van der Waals surface area contributed by atoms with E-state index in [1.165, 1.54) is 0 Å². The first kappa shape index (κ1) is 13.9. The van der Waals surface area contributed by atoms with E-state index < -0.39 is 5.97 Å². The van der Waals surface area contributed by atoms with Gasteiger partial charge in [0.1, 0.15) is 6.54 Å². The number of nitrogens with zero attached hydrogens (tertiary/aromatic N) is 1. The summed E-state index contributed by atoms with van der Waals surface area (Å²) in [6.45, 7) is 2.51. The number of aromatic nitrogens is 1. The Hall–Kier alpha value is -1.52. The summed E-state index contributed by atoms with van der Waals surface area (Å²) < 4.78 is 1.73. The SMILES string of the molecule is Cc1cc2c(CCCN)cn(CC(=O)O)c2cc1Cl. The van der Waals surface area contributed by atoms with E-state index in [0.29, 0.717) is 11.6 Å². The van der Waals surface area contributed by atoms with Crippen molar-refractivity contribution >= 4 is 28.5 Å². The van der Waals surface area contributed by atoms with E-state index in [0.717, 1.165) is 34.9 Å². The molecule has 0 fully saturated rings. The Labute approximate surface area is 116 Å². The van der Waals surface area contributed by atoms with Crippen LogP contribution >= 0.6 is 11.6 Å². The summed E-state index contributed by atoms with van der Waals surface area (Å²) in [4.78, 5) is 10.9. The summed E-state index contributed by atoms with van der Waals surface area (Å²) in [6, 6.07) is 3.85. The zero-order chi connectivity index (χ0) is 14.0. The molecule has 1 heterocycles. The molecule has 5 heteroatoms. The van der Waals surface area contributed by atoms with Crippen LogP contribution in [0.4, 0.5) is 0 Å². The number of halogens is 1. The highest BCUT2D eigenvalue weighted by molar-refractivity contribution is 6.32. The lowest BCUT2D eigenvalue weighted by Gasteiger charge is -2.03. The first-order valence-corrected chi connectivity index (χ1v) is 6.60. The smallest absolute Gasteiger partial charge is 0.323 e. The normalized spacial score (nSPS) is 11.1. The van der Waals surface area contributed by atoms with Gasteiger partial charge in [0.05, 0.1) is 5.52 Å². The highest BCUT2D eigenvalue weighted by Gasteiger charge is 2.12. The van der Waals surface area contributed by atoms with E-state index >= 15 is 0 Å². The van der Waals surface area contributed by atoms with Crippen molar-refractivity contribution in [2.75, 3.05) is 6.54 Å². The summed E-state index contributed by atoms with van der Waals surface area (Å²) in [5.41, 5.74) is 8.53. The van der Waals surface area contributed by atoms with Crippen molar-refractivity contribution in [3.63, 3.8) is 0 Å². The molecular formula is C14H17ClN2O2. The molecule has 0 spiro atoms. The lowest BCUT2D eigenvalue weighted by atomic mass is 10.1. The Balaban J connectivity index is 2.55. The van der Waals surface area contributed by atoms with Crippen molar-refractivity contribution in [2.24, 2.45) is 5.73 Å². The maximum Gasteiger partial charge on any atom is 0.323 e. The Bertz CT molecular complexity index is 619. The molecule has 0 aliphatic carbocycles. The molecule has 102 valence electrons. The van der Waals surface area contributed by atoms with Crippen molar-refractivity contribution in [3.8, 4) is 0 Å². The van der Waals surface area contributed by atoms with Crippen LogP contribution in [0.5, 0.6) is 0 Å². The Morgan fingerprint density at radius 3 is 2.84 bits per heavy atom. The number of aliphatic carboxylic acids is 1. The van der Waals surface area contributed by atoms with Crippen LogP contribution in [0.15, 0.2) is 18.3 Å². The van der Waals surface area contributed by atoms with Crippen LogP contribution in [-0.2, 0) is 17.8 Å². The Morgan fingerprint density at radius 2 is 2.21 bits per heavy atom. The predicted octanol–water partition coefficient (Wildman–Crippen LogP) is 2.58. The van der Waals surface area contributed by atoms with Gasteiger partial charge in [0.15, 0.2) is 0 Å².